The molecule has 1 N–H and O–H groups in total. The molecule has 1 aliphatic rings. The van der Waals surface area contributed by atoms with Gasteiger partial charge in [0.15, 0.2) is 5.82 Å². The summed E-state index contributed by atoms with van der Waals surface area (Å²) in [6, 6.07) is 4.15. The van der Waals surface area contributed by atoms with Crippen molar-refractivity contribution in [3.8, 4) is 5.82 Å². The van der Waals surface area contributed by atoms with E-state index in [4.69, 9.17) is 5.11 Å². The van der Waals surface area contributed by atoms with Crippen molar-refractivity contribution >= 4 is 11.8 Å². The van der Waals surface area contributed by atoms with E-state index >= 15 is 0 Å². The monoisotopic (exact) mass is 381 g/mol. The normalized spacial score (nSPS) is 19.8. The van der Waals surface area contributed by atoms with Gasteiger partial charge in [-0.15, -0.1) is 0 Å². The van der Waals surface area contributed by atoms with Crippen LogP contribution in [-0.4, -0.2) is 71.6 Å². The quantitative estimate of drug-likeness (QED) is 0.675. The molecule has 0 spiro atoms. The topological polar surface area (TPSA) is 109 Å². The van der Waals surface area contributed by atoms with Crippen LogP contribution in [0.5, 0.6) is 0 Å². The molecule has 1 aliphatic heterocycles. The predicted octanol–water partition coefficient (Wildman–Crippen LogP) is 0.486. The highest BCUT2D eigenvalue weighted by molar-refractivity contribution is 5.46. The van der Waals surface area contributed by atoms with Crippen LogP contribution in [0.15, 0.2) is 37.2 Å². The highest BCUT2D eigenvalue weighted by Gasteiger charge is 2.31. The van der Waals surface area contributed by atoms with Gasteiger partial charge in [0.25, 0.3) is 0 Å². The van der Waals surface area contributed by atoms with Gasteiger partial charge >= 0.3 is 0 Å². The van der Waals surface area contributed by atoms with Crippen LogP contribution < -0.4 is 9.80 Å². The van der Waals surface area contributed by atoms with Crippen LogP contribution in [-0.2, 0) is 6.42 Å². The molecule has 2 atom stereocenters. The molecule has 10 nitrogen and oxygen atoms in total. The standard InChI is InChI=1S/C18H23N9O/c1-13-9-25(18-21-7-3-16(24-18)26-12-19-11-22-26)10-14(2)27(13)17-4-6-20-15(23-17)5-8-28/h3-4,6-7,11-14,28H,5,8-10H2,1-2H3/t13-,14+. The van der Waals surface area contributed by atoms with E-state index in [0.29, 0.717) is 24.0 Å². The van der Waals surface area contributed by atoms with E-state index < -0.39 is 0 Å². The van der Waals surface area contributed by atoms with Crippen LogP contribution in [0.4, 0.5) is 11.8 Å². The lowest BCUT2D eigenvalue weighted by Gasteiger charge is -2.45. The van der Waals surface area contributed by atoms with Gasteiger partial charge in [-0.1, -0.05) is 0 Å². The maximum absolute atomic E-state index is 9.15. The second-order valence-electron chi connectivity index (χ2n) is 6.87. The van der Waals surface area contributed by atoms with Crippen molar-refractivity contribution in [1.82, 2.24) is 34.7 Å². The summed E-state index contributed by atoms with van der Waals surface area (Å²) < 4.78 is 1.62. The molecule has 28 heavy (non-hydrogen) atoms. The number of hydrogen-bond donors (Lipinski definition) is 1. The molecule has 0 amide bonds. The SMILES string of the molecule is C[C@@H]1CN(c2nccc(-n3cncn3)n2)C[C@H](C)N1c1ccnc(CCO)n1. The minimum absolute atomic E-state index is 0.0434. The summed E-state index contributed by atoms with van der Waals surface area (Å²) >= 11 is 0. The molecule has 1 saturated heterocycles. The molecular weight excluding hydrogens is 358 g/mol. The molecule has 3 aromatic heterocycles. The van der Waals surface area contributed by atoms with Gasteiger partial charge in [-0.05, 0) is 19.9 Å². The summed E-state index contributed by atoms with van der Waals surface area (Å²) in [5.74, 6) is 2.91. The Kier molecular flexibility index (Phi) is 5.11. The van der Waals surface area contributed by atoms with Crippen molar-refractivity contribution < 1.29 is 5.11 Å². The first kappa shape index (κ1) is 18.2. The maximum atomic E-state index is 9.15. The van der Waals surface area contributed by atoms with Crippen LogP contribution in [0, 0.1) is 0 Å². The lowest BCUT2D eigenvalue weighted by Crippen LogP contribution is -2.57. The van der Waals surface area contributed by atoms with E-state index in [-0.39, 0.29) is 18.7 Å². The van der Waals surface area contributed by atoms with Crippen molar-refractivity contribution in [1.29, 1.82) is 0 Å². The zero-order valence-corrected chi connectivity index (χ0v) is 15.9. The molecule has 1 fully saturated rings. The average molecular weight is 381 g/mol. The fourth-order valence-electron chi connectivity index (χ4n) is 3.64. The van der Waals surface area contributed by atoms with E-state index in [1.165, 1.54) is 6.33 Å². The molecule has 4 rings (SSSR count). The van der Waals surface area contributed by atoms with Gasteiger partial charge in [0.05, 0.1) is 6.61 Å². The Balaban J connectivity index is 1.54. The molecule has 0 bridgehead atoms. The van der Waals surface area contributed by atoms with Crippen LogP contribution in [0.2, 0.25) is 0 Å². The summed E-state index contributed by atoms with van der Waals surface area (Å²) in [6.45, 7) is 5.91. The predicted molar refractivity (Wildman–Crippen MR) is 103 cm³/mol. The van der Waals surface area contributed by atoms with Gasteiger partial charge in [-0.25, -0.2) is 24.6 Å². The van der Waals surface area contributed by atoms with E-state index in [0.717, 1.165) is 18.9 Å². The average Bonchev–Trinajstić information content (AvgIpc) is 3.23. The van der Waals surface area contributed by atoms with Crippen LogP contribution in [0.1, 0.15) is 19.7 Å². The lowest BCUT2D eigenvalue weighted by molar-refractivity contribution is 0.296. The van der Waals surface area contributed by atoms with E-state index in [1.54, 1.807) is 23.4 Å². The Hall–Kier alpha value is -3.14. The van der Waals surface area contributed by atoms with E-state index in [1.807, 2.05) is 12.1 Å². The van der Waals surface area contributed by atoms with Crippen molar-refractivity contribution in [2.75, 3.05) is 29.5 Å². The second-order valence-corrected chi connectivity index (χ2v) is 6.87. The van der Waals surface area contributed by atoms with Crippen molar-refractivity contribution in [2.24, 2.45) is 0 Å². The Morgan fingerprint density at radius 3 is 2.50 bits per heavy atom. The number of hydrogen-bond acceptors (Lipinski definition) is 9. The number of piperazine rings is 1. The van der Waals surface area contributed by atoms with Gasteiger partial charge in [-0.3, -0.25) is 0 Å². The molecule has 0 saturated carbocycles. The van der Waals surface area contributed by atoms with E-state index in [9.17, 15) is 0 Å². The van der Waals surface area contributed by atoms with Gasteiger partial charge in [0, 0.05) is 50.1 Å². The first-order valence-electron chi connectivity index (χ1n) is 9.30. The molecule has 0 aliphatic carbocycles. The Morgan fingerprint density at radius 2 is 1.79 bits per heavy atom. The third-order valence-electron chi connectivity index (χ3n) is 4.77. The Labute approximate surface area is 162 Å². The highest BCUT2D eigenvalue weighted by Crippen LogP contribution is 2.25. The summed E-state index contributed by atoms with van der Waals surface area (Å²) in [5.41, 5.74) is 0. The molecule has 0 unspecified atom stereocenters. The van der Waals surface area contributed by atoms with Crippen molar-refractivity contribution in [2.45, 2.75) is 32.4 Å². The second kappa shape index (κ2) is 7.85. The molecular formula is C18H23N9O. The highest BCUT2D eigenvalue weighted by atomic mass is 16.3. The molecule has 0 radical (unpaired) electrons. The van der Waals surface area contributed by atoms with Crippen LogP contribution in [0.3, 0.4) is 0 Å². The Bertz CT molecular complexity index is 905. The molecule has 10 heteroatoms. The number of aliphatic hydroxyl groups is 1. The first-order chi connectivity index (χ1) is 13.7. The maximum Gasteiger partial charge on any atom is 0.227 e. The zero-order valence-electron chi connectivity index (χ0n) is 15.9. The van der Waals surface area contributed by atoms with Crippen molar-refractivity contribution in [3.05, 3.63) is 43.0 Å². The number of nitrogens with zero attached hydrogens (tertiary/aromatic N) is 9. The minimum Gasteiger partial charge on any atom is -0.396 e. The summed E-state index contributed by atoms with van der Waals surface area (Å²) in [4.78, 5) is 26.4. The molecule has 146 valence electrons. The Morgan fingerprint density at radius 1 is 1.04 bits per heavy atom. The number of anilines is 2. The van der Waals surface area contributed by atoms with Gasteiger partial charge in [0.1, 0.15) is 24.3 Å². The van der Waals surface area contributed by atoms with Gasteiger partial charge in [-0.2, -0.15) is 10.1 Å². The minimum atomic E-state index is 0.0434. The fourth-order valence-corrected chi connectivity index (χ4v) is 3.64. The van der Waals surface area contributed by atoms with Gasteiger partial charge in [0.2, 0.25) is 5.95 Å². The molecule has 4 heterocycles. The van der Waals surface area contributed by atoms with Gasteiger partial charge < -0.3 is 14.9 Å². The third-order valence-corrected chi connectivity index (χ3v) is 4.77. The molecule has 0 aromatic carbocycles. The lowest BCUT2D eigenvalue weighted by atomic mass is 10.1. The summed E-state index contributed by atoms with van der Waals surface area (Å²) in [7, 11) is 0. The number of rotatable bonds is 5. The summed E-state index contributed by atoms with van der Waals surface area (Å²) in [5, 5.41) is 13.3. The number of aromatic nitrogens is 7. The third kappa shape index (κ3) is 3.63. The van der Waals surface area contributed by atoms with Crippen molar-refractivity contribution in [3.63, 3.8) is 0 Å². The van der Waals surface area contributed by atoms with Crippen LogP contribution in [0.25, 0.3) is 5.82 Å². The largest absolute Gasteiger partial charge is 0.396 e. The molecule has 3 aromatic rings. The number of aliphatic hydroxyl groups excluding tert-OH is 1. The summed E-state index contributed by atoms with van der Waals surface area (Å²) in [6.07, 6.45) is 7.06. The van der Waals surface area contributed by atoms with Crippen LogP contribution >= 0.6 is 0 Å². The van der Waals surface area contributed by atoms with E-state index in [2.05, 4.69) is 53.7 Å². The zero-order chi connectivity index (χ0) is 19.5. The first-order valence-corrected chi connectivity index (χ1v) is 9.30. The smallest absolute Gasteiger partial charge is 0.227 e. The fraction of sp³-hybridized carbons (Fsp3) is 0.444.